The zero-order chi connectivity index (χ0) is 15.1. The van der Waals surface area contributed by atoms with Crippen molar-refractivity contribution in [3.8, 4) is 0 Å². The minimum atomic E-state index is -1.02. The van der Waals surface area contributed by atoms with Crippen molar-refractivity contribution in [2.45, 2.75) is 26.3 Å². The molecule has 1 aromatic rings. The predicted octanol–water partition coefficient (Wildman–Crippen LogP) is 2.63. The molecule has 0 unspecified atom stereocenters. The van der Waals surface area contributed by atoms with Crippen LogP contribution in [-0.4, -0.2) is 35.2 Å². The van der Waals surface area contributed by atoms with E-state index in [1.54, 1.807) is 11.8 Å². The van der Waals surface area contributed by atoms with Gasteiger partial charge in [0, 0.05) is 5.69 Å². The molecule has 0 aromatic heterocycles. The SMILES string of the molecule is CSCC[C@H](NC(=O)Nc1cc(C)ccc1C)C(=O)O. The van der Waals surface area contributed by atoms with Crippen LogP contribution in [0.1, 0.15) is 17.5 Å². The minimum Gasteiger partial charge on any atom is -0.480 e. The van der Waals surface area contributed by atoms with E-state index in [2.05, 4.69) is 10.6 Å². The van der Waals surface area contributed by atoms with Crippen LogP contribution in [0.25, 0.3) is 0 Å². The van der Waals surface area contributed by atoms with Gasteiger partial charge in [-0.2, -0.15) is 11.8 Å². The van der Waals surface area contributed by atoms with Crippen molar-refractivity contribution in [1.29, 1.82) is 0 Å². The third-order valence-electron chi connectivity index (χ3n) is 2.86. The van der Waals surface area contributed by atoms with Crippen LogP contribution in [-0.2, 0) is 4.79 Å². The molecule has 5 nitrogen and oxygen atoms in total. The van der Waals surface area contributed by atoms with Crippen LogP contribution in [0, 0.1) is 13.8 Å². The number of carbonyl (C=O) groups excluding carboxylic acids is 1. The zero-order valence-electron chi connectivity index (χ0n) is 11.9. The molecular weight excluding hydrogens is 276 g/mol. The van der Waals surface area contributed by atoms with Crippen LogP contribution in [0.5, 0.6) is 0 Å². The summed E-state index contributed by atoms with van der Waals surface area (Å²) in [5.74, 6) is -0.337. The van der Waals surface area contributed by atoms with Gasteiger partial charge in [0.1, 0.15) is 6.04 Å². The fraction of sp³-hybridized carbons (Fsp3) is 0.429. The summed E-state index contributed by atoms with van der Waals surface area (Å²) >= 11 is 1.55. The molecular formula is C14H20N2O3S. The molecule has 0 aliphatic heterocycles. The van der Waals surface area contributed by atoms with Gasteiger partial charge >= 0.3 is 12.0 Å². The molecule has 20 heavy (non-hydrogen) atoms. The predicted molar refractivity (Wildman–Crippen MR) is 82.5 cm³/mol. The highest BCUT2D eigenvalue weighted by molar-refractivity contribution is 7.98. The van der Waals surface area contributed by atoms with Crippen LogP contribution in [0.4, 0.5) is 10.5 Å². The molecule has 0 aliphatic rings. The normalized spacial score (nSPS) is 11.8. The average molecular weight is 296 g/mol. The Kier molecular flexibility index (Phi) is 6.38. The number of rotatable bonds is 6. The monoisotopic (exact) mass is 296 g/mol. The van der Waals surface area contributed by atoms with Crippen molar-refractivity contribution in [3.05, 3.63) is 29.3 Å². The van der Waals surface area contributed by atoms with E-state index in [1.807, 2.05) is 38.3 Å². The molecule has 0 radical (unpaired) electrons. The molecule has 0 heterocycles. The number of carboxylic acid groups (broad SMARTS) is 1. The average Bonchev–Trinajstić information content (AvgIpc) is 2.38. The van der Waals surface area contributed by atoms with Gasteiger partial charge in [-0.1, -0.05) is 12.1 Å². The van der Waals surface area contributed by atoms with Gasteiger partial charge in [-0.05, 0) is 49.5 Å². The van der Waals surface area contributed by atoms with Crippen LogP contribution in [0.3, 0.4) is 0 Å². The minimum absolute atomic E-state index is 0.400. The van der Waals surface area contributed by atoms with Crippen LogP contribution in [0.2, 0.25) is 0 Å². The van der Waals surface area contributed by atoms with Gasteiger partial charge in [0.15, 0.2) is 0 Å². The molecule has 1 atom stereocenters. The van der Waals surface area contributed by atoms with Gasteiger partial charge in [-0.25, -0.2) is 9.59 Å². The maximum Gasteiger partial charge on any atom is 0.326 e. The Morgan fingerprint density at radius 2 is 2.05 bits per heavy atom. The van der Waals surface area contributed by atoms with Crippen molar-refractivity contribution in [1.82, 2.24) is 5.32 Å². The van der Waals surface area contributed by atoms with Crippen LogP contribution >= 0.6 is 11.8 Å². The number of aliphatic carboxylic acids is 1. The van der Waals surface area contributed by atoms with Gasteiger partial charge in [-0.3, -0.25) is 0 Å². The van der Waals surface area contributed by atoms with Crippen molar-refractivity contribution in [2.75, 3.05) is 17.3 Å². The van der Waals surface area contributed by atoms with Crippen molar-refractivity contribution < 1.29 is 14.7 Å². The molecule has 3 N–H and O–H groups in total. The second-order valence-electron chi connectivity index (χ2n) is 4.59. The van der Waals surface area contributed by atoms with E-state index >= 15 is 0 Å². The summed E-state index contributed by atoms with van der Waals surface area (Å²) in [5, 5.41) is 14.2. The van der Waals surface area contributed by atoms with Gasteiger partial charge < -0.3 is 15.7 Å². The lowest BCUT2D eigenvalue weighted by Crippen LogP contribution is -2.43. The first-order valence-electron chi connectivity index (χ1n) is 6.30. The Hall–Kier alpha value is -1.69. The van der Waals surface area contributed by atoms with Crippen molar-refractivity contribution in [2.24, 2.45) is 0 Å². The lowest BCUT2D eigenvalue weighted by Gasteiger charge is -2.15. The van der Waals surface area contributed by atoms with Crippen molar-refractivity contribution >= 4 is 29.4 Å². The van der Waals surface area contributed by atoms with E-state index in [4.69, 9.17) is 5.11 Å². The smallest absolute Gasteiger partial charge is 0.326 e. The molecule has 0 aliphatic carbocycles. The Morgan fingerprint density at radius 3 is 2.65 bits per heavy atom. The number of amides is 2. The second-order valence-corrected chi connectivity index (χ2v) is 5.57. The third-order valence-corrected chi connectivity index (χ3v) is 3.50. The summed E-state index contributed by atoms with van der Waals surface area (Å²) in [6, 6.07) is 4.36. The molecule has 2 amide bonds. The fourth-order valence-corrected chi connectivity index (χ4v) is 2.15. The Balaban J connectivity index is 2.65. The molecule has 110 valence electrons. The van der Waals surface area contributed by atoms with E-state index in [1.165, 1.54) is 0 Å². The number of thioether (sulfide) groups is 1. The first-order valence-corrected chi connectivity index (χ1v) is 7.70. The molecule has 0 saturated heterocycles. The number of hydrogen-bond donors (Lipinski definition) is 3. The molecule has 0 saturated carbocycles. The maximum atomic E-state index is 11.9. The number of benzene rings is 1. The molecule has 0 bridgehead atoms. The van der Waals surface area contributed by atoms with Gasteiger partial charge in [0.05, 0.1) is 0 Å². The van der Waals surface area contributed by atoms with Gasteiger partial charge in [0.25, 0.3) is 0 Å². The number of carboxylic acids is 1. The summed E-state index contributed by atoms with van der Waals surface area (Å²) in [7, 11) is 0. The second kappa shape index (κ2) is 7.79. The van der Waals surface area contributed by atoms with Gasteiger partial charge in [0.2, 0.25) is 0 Å². The number of anilines is 1. The number of aryl methyl sites for hydroxylation is 2. The van der Waals surface area contributed by atoms with E-state index in [-0.39, 0.29) is 0 Å². The molecule has 1 aromatic carbocycles. The topological polar surface area (TPSA) is 78.4 Å². The molecule has 6 heteroatoms. The van der Waals surface area contributed by atoms with E-state index in [9.17, 15) is 9.59 Å². The highest BCUT2D eigenvalue weighted by atomic mass is 32.2. The zero-order valence-corrected chi connectivity index (χ0v) is 12.7. The largest absolute Gasteiger partial charge is 0.480 e. The number of nitrogens with one attached hydrogen (secondary N) is 2. The fourth-order valence-electron chi connectivity index (χ4n) is 1.68. The first kappa shape index (κ1) is 16.4. The molecule has 1 rings (SSSR count). The molecule has 0 fully saturated rings. The summed E-state index contributed by atoms with van der Waals surface area (Å²) in [6.45, 7) is 3.82. The summed E-state index contributed by atoms with van der Waals surface area (Å²) in [5.41, 5.74) is 2.65. The van der Waals surface area contributed by atoms with Crippen LogP contribution in [0.15, 0.2) is 18.2 Å². The van der Waals surface area contributed by atoms with E-state index in [0.717, 1.165) is 11.1 Å². The summed E-state index contributed by atoms with van der Waals surface area (Å²) < 4.78 is 0. The Labute approximate surface area is 123 Å². The molecule has 0 spiro atoms. The van der Waals surface area contributed by atoms with Crippen molar-refractivity contribution in [3.63, 3.8) is 0 Å². The standard InChI is InChI=1S/C14H20N2O3S/c1-9-4-5-10(2)12(8-9)16-14(19)15-11(13(17)18)6-7-20-3/h4-5,8,11H,6-7H2,1-3H3,(H,17,18)(H2,15,16,19)/t11-/m0/s1. The number of carbonyl (C=O) groups is 2. The first-order chi connectivity index (χ1) is 9.43. The van der Waals surface area contributed by atoms with E-state index in [0.29, 0.717) is 17.9 Å². The number of urea groups is 1. The third kappa shape index (κ3) is 5.13. The lowest BCUT2D eigenvalue weighted by molar-refractivity contribution is -0.139. The summed E-state index contributed by atoms with van der Waals surface area (Å²) in [6.07, 6.45) is 2.30. The number of hydrogen-bond acceptors (Lipinski definition) is 3. The van der Waals surface area contributed by atoms with Gasteiger partial charge in [-0.15, -0.1) is 0 Å². The highest BCUT2D eigenvalue weighted by Crippen LogP contribution is 2.16. The van der Waals surface area contributed by atoms with Crippen LogP contribution < -0.4 is 10.6 Å². The highest BCUT2D eigenvalue weighted by Gasteiger charge is 2.19. The maximum absolute atomic E-state index is 11.9. The lowest BCUT2D eigenvalue weighted by atomic mass is 10.1. The quantitative estimate of drug-likeness (QED) is 0.754. The summed E-state index contributed by atoms with van der Waals surface area (Å²) in [4.78, 5) is 22.9. The Morgan fingerprint density at radius 1 is 1.35 bits per heavy atom. The Bertz CT molecular complexity index is 491. The van der Waals surface area contributed by atoms with E-state index < -0.39 is 18.0 Å².